The van der Waals surface area contributed by atoms with Gasteiger partial charge < -0.3 is 29.4 Å². The van der Waals surface area contributed by atoms with Crippen molar-refractivity contribution in [2.75, 3.05) is 13.7 Å². The van der Waals surface area contributed by atoms with Gasteiger partial charge in [0.25, 0.3) is 0 Å². The lowest BCUT2D eigenvalue weighted by molar-refractivity contribution is -0.141. The largest absolute Gasteiger partial charge is 0.480 e. The van der Waals surface area contributed by atoms with E-state index in [1.165, 1.54) is 5.57 Å². The van der Waals surface area contributed by atoms with Crippen molar-refractivity contribution in [2.45, 2.75) is 89.4 Å². The van der Waals surface area contributed by atoms with E-state index in [-0.39, 0.29) is 23.5 Å². The van der Waals surface area contributed by atoms with Gasteiger partial charge >= 0.3 is 12.1 Å². The molecule has 0 aromatic heterocycles. The highest BCUT2D eigenvalue weighted by molar-refractivity contribution is 5.80. The molecule has 7 atom stereocenters. The van der Waals surface area contributed by atoms with Crippen LogP contribution in [0.3, 0.4) is 0 Å². The summed E-state index contributed by atoms with van der Waals surface area (Å²) in [6.07, 6.45) is 2.77. The smallest absolute Gasteiger partial charge is 0.408 e. The molecule has 1 amide bonds. The van der Waals surface area contributed by atoms with E-state index in [1.54, 1.807) is 21.0 Å². The van der Waals surface area contributed by atoms with Gasteiger partial charge in [0, 0.05) is 7.11 Å². The Morgan fingerprint density at radius 1 is 1.33 bits per heavy atom. The van der Waals surface area contributed by atoms with Crippen molar-refractivity contribution in [1.29, 1.82) is 0 Å². The number of amides is 1. The van der Waals surface area contributed by atoms with E-state index >= 15 is 0 Å². The first kappa shape index (κ1) is 23.0. The number of carboxylic acid groups (broad SMARTS) is 1. The number of epoxide rings is 2. The summed E-state index contributed by atoms with van der Waals surface area (Å²) in [6.45, 7) is 10.3. The highest BCUT2D eigenvalue weighted by Crippen LogP contribution is 2.59. The topological polar surface area (TPSA) is 110 Å². The van der Waals surface area contributed by atoms with Crippen LogP contribution < -0.4 is 5.32 Å². The van der Waals surface area contributed by atoms with Crippen molar-refractivity contribution >= 4 is 12.1 Å². The highest BCUT2D eigenvalue weighted by Gasteiger charge is 2.72. The second kappa shape index (κ2) is 8.48. The number of carbonyl (C=O) groups is 2. The second-order valence-corrected chi connectivity index (χ2v) is 9.53. The Morgan fingerprint density at radius 3 is 2.50 bits per heavy atom. The molecule has 2 aliphatic heterocycles. The molecule has 0 aromatic carbocycles. The van der Waals surface area contributed by atoms with Gasteiger partial charge in [0.2, 0.25) is 0 Å². The first-order chi connectivity index (χ1) is 14.0. The number of hydrogen-bond acceptors (Lipinski definition) is 6. The fourth-order valence-corrected chi connectivity index (χ4v) is 4.88. The normalized spacial score (nSPS) is 38.1. The van der Waals surface area contributed by atoms with Gasteiger partial charge in [-0.2, -0.15) is 0 Å². The molecule has 3 fully saturated rings. The Balaban J connectivity index is 1.71. The van der Waals surface area contributed by atoms with Gasteiger partial charge in [-0.3, -0.25) is 0 Å². The lowest BCUT2D eigenvalue weighted by Gasteiger charge is -2.42. The minimum absolute atomic E-state index is 0.0704. The number of hydrogen-bond donors (Lipinski definition) is 2. The van der Waals surface area contributed by atoms with Gasteiger partial charge in [-0.1, -0.05) is 25.5 Å². The van der Waals surface area contributed by atoms with Gasteiger partial charge in [0.05, 0.1) is 18.6 Å². The van der Waals surface area contributed by atoms with Crippen molar-refractivity contribution < 1.29 is 33.6 Å². The summed E-state index contributed by atoms with van der Waals surface area (Å²) < 4.78 is 23.5. The van der Waals surface area contributed by atoms with Crippen LogP contribution >= 0.6 is 0 Å². The summed E-state index contributed by atoms with van der Waals surface area (Å²) in [5.41, 5.74) is 0.532. The number of aliphatic carboxylic acids is 1. The summed E-state index contributed by atoms with van der Waals surface area (Å²) in [5.74, 6) is -1.42. The lowest BCUT2D eigenvalue weighted by Crippen LogP contribution is -2.56. The second-order valence-electron chi connectivity index (χ2n) is 9.53. The number of alkyl carbamates (subject to hydrolysis) is 1. The number of carboxylic acids is 1. The van der Waals surface area contributed by atoms with Crippen LogP contribution in [0.15, 0.2) is 11.6 Å². The monoisotopic (exact) mass is 425 g/mol. The number of rotatable bonds is 8. The minimum Gasteiger partial charge on any atom is -0.480 e. The Bertz CT molecular complexity index is 698. The predicted molar refractivity (Wildman–Crippen MR) is 109 cm³/mol. The number of allylic oxidation sites excluding steroid dienone is 1. The van der Waals surface area contributed by atoms with Crippen molar-refractivity contribution in [1.82, 2.24) is 5.32 Å². The maximum absolute atomic E-state index is 12.5. The molecule has 8 nitrogen and oxygen atoms in total. The summed E-state index contributed by atoms with van der Waals surface area (Å²) in [4.78, 5) is 23.8. The first-order valence-corrected chi connectivity index (χ1v) is 10.7. The average Bonchev–Trinajstić information content (AvgIpc) is 3.56. The zero-order valence-electron chi connectivity index (χ0n) is 18.8. The molecule has 2 N–H and O–H groups in total. The van der Waals surface area contributed by atoms with Crippen molar-refractivity contribution in [3.63, 3.8) is 0 Å². The molecular formula is C22H35NO7. The maximum Gasteiger partial charge on any atom is 0.408 e. The predicted octanol–water partition coefficient (Wildman–Crippen LogP) is 2.90. The Morgan fingerprint density at radius 2 is 2.00 bits per heavy atom. The zero-order chi connectivity index (χ0) is 22.3. The Labute approximate surface area is 178 Å². The first-order valence-electron chi connectivity index (χ1n) is 10.7. The summed E-state index contributed by atoms with van der Waals surface area (Å²) in [6, 6.07) is -1.01. The summed E-state index contributed by atoms with van der Waals surface area (Å²) in [7, 11) is 1.61. The van der Waals surface area contributed by atoms with Crippen molar-refractivity contribution in [2.24, 2.45) is 11.8 Å². The molecule has 3 rings (SSSR count). The number of ether oxygens (including phenoxy) is 4. The third-order valence-corrected chi connectivity index (χ3v) is 6.70. The SMILES string of the molecule is COC1[C@H](OC(=O)N[C@@H](C(=O)O)C(C)C)CC[C@]2(CO2)[C@H]1[C@@]1(C)O[C@@H]1CC=C(C)C. The van der Waals surface area contributed by atoms with Gasteiger partial charge in [0.1, 0.15) is 29.5 Å². The highest BCUT2D eigenvalue weighted by atomic mass is 16.6. The third-order valence-electron chi connectivity index (χ3n) is 6.70. The third kappa shape index (κ3) is 4.50. The fourth-order valence-electron chi connectivity index (χ4n) is 4.88. The quantitative estimate of drug-likeness (QED) is 0.454. The molecule has 170 valence electrons. The summed E-state index contributed by atoms with van der Waals surface area (Å²) >= 11 is 0. The maximum atomic E-state index is 12.5. The Kier molecular flexibility index (Phi) is 6.51. The van der Waals surface area contributed by atoms with Crippen LogP contribution in [0.5, 0.6) is 0 Å². The number of carbonyl (C=O) groups excluding carboxylic acids is 1. The molecule has 2 saturated heterocycles. The van der Waals surface area contributed by atoms with Crippen molar-refractivity contribution in [3.8, 4) is 0 Å². The minimum atomic E-state index is -1.09. The van der Waals surface area contributed by atoms with Crippen LogP contribution in [0.2, 0.25) is 0 Å². The van der Waals surface area contributed by atoms with E-state index in [4.69, 9.17) is 18.9 Å². The molecule has 3 aliphatic rings. The molecule has 2 heterocycles. The van der Waals surface area contributed by atoms with Gasteiger partial charge in [0.15, 0.2) is 0 Å². The molecule has 1 unspecified atom stereocenters. The molecule has 0 bridgehead atoms. The van der Waals surface area contributed by atoms with E-state index in [1.807, 2.05) is 0 Å². The van der Waals surface area contributed by atoms with Gasteiger partial charge in [-0.15, -0.1) is 0 Å². The molecule has 8 heteroatoms. The summed E-state index contributed by atoms with van der Waals surface area (Å²) in [5, 5.41) is 11.8. The molecule has 1 aliphatic carbocycles. The van der Waals surface area contributed by atoms with Gasteiger partial charge in [-0.25, -0.2) is 9.59 Å². The van der Waals surface area contributed by atoms with Gasteiger partial charge in [-0.05, 0) is 46.0 Å². The van der Waals surface area contributed by atoms with Crippen LogP contribution in [0, 0.1) is 11.8 Å². The van der Waals surface area contributed by atoms with E-state index in [9.17, 15) is 14.7 Å². The molecule has 1 spiro atoms. The molecule has 1 saturated carbocycles. The molecular weight excluding hydrogens is 390 g/mol. The molecule has 0 aromatic rings. The fraction of sp³-hybridized carbons (Fsp3) is 0.818. The molecule has 0 radical (unpaired) electrons. The van der Waals surface area contributed by atoms with E-state index < -0.39 is 35.9 Å². The van der Waals surface area contributed by atoms with E-state index in [0.29, 0.717) is 13.0 Å². The van der Waals surface area contributed by atoms with Crippen LogP contribution in [0.25, 0.3) is 0 Å². The average molecular weight is 426 g/mol. The van der Waals surface area contributed by atoms with Crippen LogP contribution in [-0.2, 0) is 23.7 Å². The Hall–Kier alpha value is -1.64. The van der Waals surface area contributed by atoms with E-state index in [2.05, 4.69) is 32.2 Å². The van der Waals surface area contributed by atoms with Crippen LogP contribution in [0.1, 0.15) is 53.9 Å². The van der Waals surface area contributed by atoms with Crippen LogP contribution in [0.4, 0.5) is 4.79 Å². The van der Waals surface area contributed by atoms with Crippen LogP contribution in [-0.4, -0.2) is 66.4 Å². The lowest BCUT2D eigenvalue weighted by atomic mass is 9.68. The standard InChI is InChI=1S/C22H35NO7/c1-12(2)7-8-15-21(5,30-15)18-17(27-6)14(9-10-22(18)11-28-22)29-20(26)23-16(13(3)4)19(24)25/h7,13-18H,8-11H2,1-6H3,(H,23,26)(H,24,25)/t14-,15-,16-,17?,18-,21+,22+/m1/s1. The number of methoxy groups -OCH3 is 1. The number of nitrogens with one attached hydrogen (secondary N) is 1. The molecule has 30 heavy (non-hydrogen) atoms. The van der Waals surface area contributed by atoms with E-state index in [0.717, 1.165) is 12.8 Å². The van der Waals surface area contributed by atoms with Crippen molar-refractivity contribution in [3.05, 3.63) is 11.6 Å². The zero-order valence-corrected chi connectivity index (χ0v) is 18.8.